The van der Waals surface area contributed by atoms with Crippen LogP contribution in [0.25, 0.3) is 22.3 Å². The van der Waals surface area contributed by atoms with E-state index in [1.54, 1.807) is 60.7 Å². The van der Waals surface area contributed by atoms with E-state index in [0.29, 0.717) is 32.3 Å². The second-order valence-corrected chi connectivity index (χ2v) is 7.76. The number of hydrogen-bond acceptors (Lipinski definition) is 4. The number of rotatable bonds is 5. The van der Waals surface area contributed by atoms with Gasteiger partial charge in [0, 0.05) is 10.6 Å². The summed E-state index contributed by atoms with van der Waals surface area (Å²) in [7, 11) is 0. The Kier molecular flexibility index (Phi) is 5.98. The molecule has 1 amide bonds. The SMILES string of the molecule is Cc1ccc2oc(-c3ccc(Cl)cc3)c(OCC(=O)Nc3ccccc3Cl)c(=O)c2c1. The number of nitrogens with one attached hydrogen (secondary N) is 1. The van der Waals surface area contributed by atoms with Gasteiger partial charge < -0.3 is 14.5 Å². The highest BCUT2D eigenvalue weighted by molar-refractivity contribution is 6.33. The van der Waals surface area contributed by atoms with Crippen LogP contribution in [0.4, 0.5) is 5.69 Å². The van der Waals surface area contributed by atoms with Crippen LogP contribution in [0, 0.1) is 6.92 Å². The molecule has 0 unspecified atom stereocenters. The number of amides is 1. The second-order valence-electron chi connectivity index (χ2n) is 6.91. The van der Waals surface area contributed by atoms with E-state index < -0.39 is 12.5 Å². The Labute approximate surface area is 188 Å². The van der Waals surface area contributed by atoms with Crippen LogP contribution in [0.2, 0.25) is 10.0 Å². The van der Waals surface area contributed by atoms with Gasteiger partial charge in [-0.3, -0.25) is 9.59 Å². The smallest absolute Gasteiger partial charge is 0.262 e. The van der Waals surface area contributed by atoms with Crippen molar-refractivity contribution in [2.45, 2.75) is 6.92 Å². The summed E-state index contributed by atoms with van der Waals surface area (Å²) in [5.74, 6) is -0.280. The zero-order valence-corrected chi connectivity index (χ0v) is 18.0. The van der Waals surface area contributed by atoms with Crippen molar-refractivity contribution >= 4 is 45.8 Å². The molecule has 7 heteroatoms. The lowest BCUT2D eigenvalue weighted by atomic mass is 10.1. The normalized spacial score (nSPS) is 10.8. The molecule has 0 saturated carbocycles. The molecule has 4 aromatic rings. The van der Waals surface area contributed by atoms with Crippen molar-refractivity contribution in [1.29, 1.82) is 0 Å². The molecule has 0 saturated heterocycles. The molecule has 1 N–H and O–H groups in total. The number of ether oxygens (including phenoxy) is 1. The molecule has 3 aromatic carbocycles. The van der Waals surface area contributed by atoms with Crippen LogP contribution in [-0.4, -0.2) is 12.5 Å². The molecule has 0 fully saturated rings. The molecule has 0 bridgehead atoms. The van der Waals surface area contributed by atoms with Gasteiger partial charge in [-0.2, -0.15) is 0 Å². The fourth-order valence-electron chi connectivity index (χ4n) is 3.10. The molecular formula is C24H17Cl2NO4. The van der Waals surface area contributed by atoms with Crippen molar-refractivity contribution in [2.75, 3.05) is 11.9 Å². The molecule has 5 nitrogen and oxygen atoms in total. The Morgan fingerprint density at radius 2 is 1.77 bits per heavy atom. The maximum absolute atomic E-state index is 13.2. The Bertz CT molecular complexity index is 1330. The summed E-state index contributed by atoms with van der Waals surface area (Å²) in [5, 5.41) is 3.99. The average molecular weight is 454 g/mol. The highest BCUT2D eigenvalue weighted by atomic mass is 35.5. The number of carbonyl (C=O) groups excluding carboxylic acids is 1. The van der Waals surface area contributed by atoms with Crippen LogP contribution in [0.5, 0.6) is 5.75 Å². The quantitative estimate of drug-likeness (QED) is 0.396. The van der Waals surface area contributed by atoms with E-state index in [4.69, 9.17) is 32.4 Å². The zero-order valence-electron chi connectivity index (χ0n) is 16.4. The van der Waals surface area contributed by atoms with Crippen LogP contribution in [0.15, 0.2) is 75.9 Å². The molecule has 156 valence electrons. The molecule has 0 aliphatic carbocycles. The van der Waals surface area contributed by atoms with Crippen LogP contribution >= 0.6 is 23.2 Å². The predicted molar refractivity (Wildman–Crippen MR) is 123 cm³/mol. The Hall–Kier alpha value is -3.28. The first-order chi connectivity index (χ1) is 14.9. The molecule has 0 radical (unpaired) electrons. The Morgan fingerprint density at radius 1 is 1.03 bits per heavy atom. The van der Waals surface area contributed by atoms with E-state index in [0.717, 1.165) is 5.56 Å². The number of carbonyl (C=O) groups is 1. The van der Waals surface area contributed by atoms with Gasteiger partial charge >= 0.3 is 0 Å². The van der Waals surface area contributed by atoms with Crippen molar-refractivity contribution in [1.82, 2.24) is 0 Å². The molecule has 31 heavy (non-hydrogen) atoms. The van der Waals surface area contributed by atoms with E-state index in [2.05, 4.69) is 5.32 Å². The summed E-state index contributed by atoms with van der Waals surface area (Å²) in [6, 6.07) is 19.0. The number of aryl methyl sites for hydroxylation is 1. The van der Waals surface area contributed by atoms with Crippen molar-refractivity contribution in [2.24, 2.45) is 0 Å². The molecule has 0 atom stereocenters. The van der Waals surface area contributed by atoms with E-state index in [1.807, 2.05) is 13.0 Å². The summed E-state index contributed by atoms with van der Waals surface area (Å²) >= 11 is 12.1. The van der Waals surface area contributed by atoms with E-state index in [9.17, 15) is 9.59 Å². The van der Waals surface area contributed by atoms with Gasteiger partial charge in [-0.05, 0) is 55.5 Å². The van der Waals surface area contributed by atoms with Gasteiger partial charge in [0.1, 0.15) is 5.58 Å². The van der Waals surface area contributed by atoms with Crippen LogP contribution in [-0.2, 0) is 4.79 Å². The maximum Gasteiger partial charge on any atom is 0.262 e. The molecule has 1 heterocycles. The highest BCUT2D eigenvalue weighted by Gasteiger charge is 2.19. The largest absolute Gasteiger partial charge is 0.476 e. The van der Waals surface area contributed by atoms with Gasteiger partial charge in [0.25, 0.3) is 5.91 Å². The number of fused-ring (bicyclic) bond motifs is 1. The predicted octanol–water partition coefficient (Wildman–Crippen LogP) is 6.09. The Morgan fingerprint density at radius 3 is 2.52 bits per heavy atom. The van der Waals surface area contributed by atoms with Crippen molar-refractivity contribution in [3.05, 3.63) is 92.6 Å². The maximum atomic E-state index is 13.2. The molecule has 0 aliphatic rings. The van der Waals surface area contributed by atoms with Gasteiger partial charge in [0.05, 0.1) is 16.1 Å². The number of benzene rings is 3. The molecule has 4 rings (SSSR count). The first-order valence-corrected chi connectivity index (χ1v) is 10.2. The van der Waals surface area contributed by atoms with E-state index >= 15 is 0 Å². The van der Waals surface area contributed by atoms with Crippen molar-refractivity contribution in [3.8, 4) is 17.1 Å². The van der Waals surface area contributed by atoms with Crippen molar-refractivity contribution in [3.63, 3.8) is 0 Å². The van der Waals surface area contributed by atoms with Gasteiger partial charge in [-0.15, -0.1) is 0 Å². The first-order valence-electron chi connectivity index (χ1n) is 9.43. The second kappa shape index (κ2) is 8.84. The Balaban J connectivity index is 1.71. The number of para-hydroxylation sites is 1. The van der Waals surface area contributed by atoms with Crippen LogP contribution in [0.3, 0.4) is 0 Å². The lowest BCUT2D eigenvalue weighted by Crippen LogP contribution is -2.22. The number of anilines is 1. The topological polar surface area (TPSA) is 68.5 Å². The molecule has 0 spiro atoms. The number of hydrogen-bond donors (Lipinski definition) is 1. The van der Waals surface area contributed by atoms with Crippen molar-refractivity contribution < 1.29 is 13.9 Å². The third kappa shape index (κ3) is 4.58. The van der Waals surface area contributed by atoms with E-state index in [1.165, 1.54) is 0 Å². The van der Waals surface area contributed by atoms with Gasteiger partial charge in [0.15, 0.2) is 12.4 Å². The van der Waals surface area contributed by atoms with Crippen LogP contribution < -0.4 is 15.5 Å². The monoisotopic (exact) mass is 453 g/mol. The lowest BCUT2D eigenvalue weighted by Gasteiger charge is -2.12. The van der Waals surface area contributed by atoms with Crippen LogP contribution in [0.1, 0.15) is 5.56 Å². The molecule has 1 aromatic heterocycles. The standard InChI is InChI=1S/C24H17Cl2NO4/c1-14-6-11-20-17(12-14)22(29)24(23(31-20)15-7-9-16(25)10-8-15)30-13-21(28)27-19-5-3-2-4-18(19)26/h2-12H,13H2,1H3,(H,27,28). The molecular weight excluding hydrogens is 437 g/mol. The molecule has 0 aliphatic heterocycles. The fourth-order valence-corrected chi connectivity index (χ4v) is 3.41. The summed E-state index contributed by atoms with van der Waals surface area (Å²) in [5.41, 5.74) is 2.03. The third-order valence-corrected chi connectivity index (χ3v) is 5.19. The minimum atomic E-state index is -0.459. The zero-order chi connectivity index (χ0) is 22.0. The number of halogens is 2. The van der Waals surface area contributed by atoms with E-state index in [-0.39, 0.29) is 16.9 Å². The fraction of sp³-hybridized carbons (Fsp3) is 0.0833. The van der Waals surface area contributed by atoms with Gasteiger partial charge in [-0.1, -0.05) is 47.0 Å². The summed E-state index contributed by atoms with van der Waals surface area (Å²) in [4.78, 5) is 25.6. The summed E-state index contributed by atoms with van der Waals surface area (Å²) in [6.45, 7) is 1.48. The minimum absolute atomic E-state index is 0.0465. The lowest BCUT2D eigenvalue weighted by molar-refractivity contribution is -0.118. The van der Waals surface area contributed by atoms with Gasteiger partial charge in [0.2, 0.25) is 11.2 Å². The summed E-state index contributed by atoms with van der Waals surface area (Å²) in [6.07, 6.45) is 0. The highest BCUT2D eigenvalue weighted by Crippen LogP contribution is 2.32. The first kappa shape index (κ1) is 21.0. The van der Waals surface area contributed by atoms with Gasteiger partial charge in [-0.25, -0.2) is 0 Å². The summed E-state index contributed by atoms with van der Waals surface area (Å²) < 4.78 is 11.7. The average Bonchev–Trinajstić information content (AvgIpc) is 2.75. The third-order valence-electron chi connectivity index (χ3n) is 4.61. The minimum Gasteiger partial charge on any atom is -0.476 e.